The van der Waals surface area contributed by atoms with Crippen molar-refractivity contribution >= 4 is 23.2 Å². The maximum Gasteiger partial charge on any atom is 0.249 e. The molecule has 4 rings (SSSR count). The second-order valence-corrected chi connectivity index (χ2v) is 7.88. The molecule has 156 valence electrons. The Morgan fingerprint density at radius 2 is 2.17 bits per heavy atom. The summed E-state index contributed by atoms with van der Waals surface area (Å²) < 4.78 is 5.83. The van der Waals surface area contributed by atoms with E-state index in [1.807, 2.05) is 31.1 Å². The zero-order chi connectivity index (χ0) is 20.5. The summed E-state index contributed by atoms with van der Waals surface area (Å²) in [6, 6.07) is 5.78. The molecule has 29 heavy (non-hydrogen) atoms. The first-order valence-corrected chi connectivity index (χ1v) is 10.2. The molecule has 3 aliphatic heterocycles. The first kappa shape index (κ1) is 19.9. The van der Waals surface area contributed by atoms with Crippen molar-refractivity contribution in [3.63, 3.8) is 0 Å². The third kappa shape index (κ3) is 3.75. The van der Waals surface area contributed by atoms with E-state index >= 15 is 0 Å². The Bertz CT molecular complexity index is 825. The Morgan fingerprint density at radius 3 is 2.93 bits per heavy atom. The van der Waals surface area contributed by atoms with Gasteiger partial charge in [0.15, 0.2) is 0 Å². The summed E-state index contributed by atoms with van der Waals surface area (Å²) in [4.78, 5) is 30.5. The number of nitrogens with one attached hydrogen (secondary N) is 2. The van der Waals surface area contributed by atoms with Crippen LogP contribution < -0.4 is 20.4 Å². The lowest BCUT2D eigenvalue weighted by Gasteiger charge is -2.33. The normalized spacial score (nSPS) is 25.4. The highest BCUT2D eigenvalue weighted by Crippen LogP contribution is 2.45. The van der Waals surface area contributed by atoms with E-state index in [-0.39, 0.29) is 17.9 Å². The molecule has 0 aromatic heterocycles. The smallest absolute Gasteiger partial charge is 0.249 e. The molecule has 0 spiro atoms. The minimum absolute atomic E-state index is 0.193. The number of likely N-dealkylation sites (N-methyl/N-ethyl adjacent to an activating group) is 1. The molecule has 3 heterocycles. The van der Waals surface area contributed by atoms with Crippen LogP contribution in [0.25, 0.3) is 0 Å². The van der Waals surface area contributed by atoms with Crippen molar-refractivity contribution in [3.05, 3.63) is 36.2 Å². The average molecular weight is 399 g/mol. The predicted molar refractivity (Wildman–Crippen MR) is 112 cm³/mol. The van der Waals surface area contributed by atoms with Crippen LogP contribution in [0.15, 0.2) is 30.6 Å². The van der Waals surface area contributed by atoms with Crippen LogP contribution in [0.3, 0.4) is 0 Å². The van der Waals surface area contributed by atoms with Crippen molar-refractivity contribution in [2.45, 2.75) is 31.5 Å². The van der Waals surface area contributed by atoms with Gasteiger partial charge in [0, 0.05) is 39.6 Å². The zero-order valence-corrected chi connectivity index (χ0v) is 17.1. The van der Waals surface area contributed by atoms with Gasteiger partial charge in [0.2, 0.25) is 11.8 Å². The number of anilines is 2. The topological polar surface area (TPSA) is 77.2 Å². The fraction of sp³-hybridized carbons (Fsp3) is 0.524. The number of amides is 2. The minimum Gasteiger partial charge on any atom is -0.374 e. The van der Waals surface area contributed by atoms with Crippen LogP contribution in [0.2, 0.25) is 0 Å². The quantitative estimate of drug-likeness (QED) is 0.704. The fourth-order valence-electron chi connectivity index (χ4n) is 4.51. The maximum atomic E-state index is 12.5. The van der Waals surface area contributed by atoms with Crippen molar-refractivity contribution in [2.75, 3.05) is 50.1 Å². The minimum atomic E-state index is -0.414. The van der Waals surface area contributed by atoms with E-state index in [1.54, 1.807) is 0 Å². The van der Waals surface area contributed by atoms with E-state index in [0.717, 1.165) is 50.0 Å². The van der Waals surface area contributed by atoms with Crippen molar-refractivity contribution in [1.29, 1.82) is 0 Å². The molecule has 0 radical (unpaired) electrons. The van der Waals surface area contributed by atoms with Gasteiger partial charge in [-0.25, -0.2) is 0 Å². The number of hydrogen-bond donors (Lipinski definition) is 2. The summed E-state index contributed by atoms with van der Waals surface area (Å²) in [6.45, 7) is 8.38. The van der Waals surface area contributed by atoms with Crippen LogP contribution >= 0.6 is 0 Å². The number of fused-ring (bicyclic) bond motifs is 1. The third-order valence-corrected chi connectivity index (χ3v) is 5.93. The number of ether oxygens (including phenoxy) is 1. The number of hydrogen-bond acceptors (Lipinski definition) is 7. The van der Waals surface area contributed by atoms with Crippen LogP contribution in [-0.2, 0) is 20.9 Å². The Balaban J connectivity index is 1.59. The van der Waals surface area contributed by atoms with Gasteiger partial charge in [-0.05, 0) is 25.1 Å². The molecule has 2 atom stereocenters. The predicted octanol–water partition coefficient (Wildman–Crippen LogP) is 0.639. The molecule has 8 heteroatoms. The Hall–Kier alpha value is -2.42. The van der Waals surface area contributed by atoms with Crippen molar-refractivity contribution in [2.24, 2.45) is 0 Å². The van der Waals surface area contributed by atoms with E-state index in [4.69, 9.17) is 4.74 Å². The number of nitrogens with zero attached hydrogens (tertiary/aromatic N) is 3. The third-order valence-electron chi connectivity index (χ3n) is 5.93. The monoisotopic (exact) mass is 399 g/mol. The highest BCUT2D eigenvalue weighted by molar-refractivity contribution is 6.03. The molecule has 1 aromatic rings. The molecule has 2 saturated heterocycles. The number of imide groups is 1. The van der Waals surface area contributed by atoms with Crippen LogP contribution in [0.1, 0.15) is 18.4 Å². The van der Waals surface area contributed by atoms with Crippen molar-refractivity contribution in [3.8, 4) is 0 Å². The van der Waals surface area contributed by atoms with Gasteiger partial charge in [-0.2, -0.15) is 0 Å². The SMILES string of the molecule is C=C1N(C)c2c(CN3CCO[C@@H](CNC)C3)cccc2N1C1CCC(=O)NC1=O. The van der Waals surface area contributed by atoms with E-state index in [9.17, 15) is 9.59 Å². The number of carbonyl (C=O) groups is 2. The highest BCUT2D eigenvalue weighted by atomic mass is 16.5. The summed E-state index contributed by atoms with van der Waals surface area (Å²) in [5, 5.41) is 5.65. The highest BCUT2D eigenvalue weighted by Gasteiger charge is 2.40. The molecule has 0 aliphatic carbocycles. The van der Waals surface area contributed by atoms with Crippen LogP contribution in [0.4, 0.5) is 11.4 Å². The lowest BCUT2D eigenvalue weighted by atomic mass is 10.0. The molecule has 1 aromatic carbocycles. The summed E-state index contributed by atoms with van der Waals surface area (Å²) in [5.74, 6) is 0.302. The van der Waals surface area contributed by atoms with E-state index in [2.05, 4.69) is 33.1 Å². The van der Waals surface area contributed by atoms with Gasteiger partial charge >= 0.3 is 0 Å². The Labute approximate surface area is 171 Å². The van der Waals surface area contributed by atoms with Gasteiger partial charge < -0.3 is 19.9 Å². The van der Waals surface area contributed by atoms with E-state index < -0.39 is 6.04 Å². The molecular weight excluding hydrogens is 370 g/mol. The molecule has 2 amide bonds. The van der Waals surface area contributed by atoms with Crippen molar-refractivity contribution < 1.29 is 14.3 Å². The van der Waals surface area contributed by atoms with Gasteiger partial charge in [0.25, 0.3) is 0 Å². The van der Waals surface area contributed by atoms with Gasteiger partial charge in [-0.1, -0.05) is 18.7 Å². The van der Waals surface area contributed by atoms with Gasteiger partial charge in [-0.15, -0.1) is 0 Å². The lowest BCUT2D eigenvalue weighted by Crippen LogP contribution is -2.52. The first-order valence-electron chi connectivity index (χ1n) is 10.2. The second-order valence-electron chi connectivity index (χ2n) is 7.88. The number of para-hydroxylation sites is 1. The molecular formula is C21H29N5O3. The molecule has 3 aliphatic rings. The van der Waals surface area contributed by atoms with E-state index in [1.165, 1.54) is 5.56 Å². The molecule has 8 nitrogen and oxygen atoms in total. The second kappa shape index (κ2) is 8.14. The summed E-state index contributed by atoms with van der Waals surface area (Å²) in [6.07, 6.45) is 1.04. The number of rotatable bonds is 5. The molecule has 0 bridgehead atoms. The average Bonchev–Trinajstić information content (AvgIpc) is 2.94. The standard InChI is InChI=1S/C21H29N5O3/c1-14-24(3)20-15(12-25-9-10-29-16(13-25)11-22-2)5-4-6-17(20)26(14)18-7-8-19(27)23-21(18)28/h4-6,16,18,22H,1,7-13H2,2-3H3,(H,23,27,28)/t16-,18?/m0/s1. The largest absolute Gasteiger partial charge is 0.374 e. The summed E-state index contributed by atoms with van der Waals surface area (Å²) >= 11 is 0. The lowest BCUT2D eigenvalue weighted by molar-refractivity contribution is -0.134. The van der Waals surface area contributed by atoms with Crippen LogP contribution in [0, 0.1) is 0 Å². The summed E-state index contributed by atoms with van der Waals surface area (Å²) in [7, 11) is 3.93. The molecule has 2 N–H and O–H groups in total. The van der Waals surface area contributed by atoms with Gasteiger partial charge in [0.1, 0.15) is 11.9 Å². The Kier molecular flexibility index (Phi) is 5.58. The van der Waals surface area contributed by atoms with Crippen LogP contribution in [0.5, 0.6) is 0 Å². The number of piperidine rings is 1. The number of benzene rings is 1. The van der Waals surface area contributed by atoms with E-state index in [0.29, 0.717) is 12.8 Å². The zero-order valence-electron chi connectivity index (χ0n) is 17.1. The number of morpholine rings is 1. The maximum absolute atomic E-state index is 12.5. The number of carbonyl (C=O) groups excluding carboxylic acids is 2. The van der Waals surface area contributed by atoms with Crippen molar-refractivity contribution in [1.82, 2.24) is 15.5 Å². The van der Waals surface area contributed by atoms with Gasteiger partial charge in [-0.3, -0.25) is 19.8 Å². The first-order chi connectivity index (χ1) is 14.0. The molecule has 2 fully saturated rings. The van der Waals surface area contributed by atoms with Crippen LogP contribution in [-0.4, -0.2) is 69.2 Å². The van der Waals surface area contributed by atoms with Gasteiger partial charge in [0.05, 0.1) is 24.1 Å². The fourth-order valence-corrected chi connectivity index (χ4v) is 4.51. The molecule has 1 unspecified atom stereocenters. The Morgan fingerprint density at radius 1 is 1.34 bits per heavy atom. The molecule has 0 saturated carbocycles. The summed E-state index contributed by atoms with van der Waals surface area (Å²) in [5.41, 5.74) is 3.26.